The van der Waals surface area contributed by atoms with Crippen LogP contribution in [0.3, 0.4) is 0 Å². The van der Waals surface area contributed by atoms with Gasteiger partial charge in [-0.25, -0.2) is 8.42 Å². The van der Waals surface area contributed by atoms with Crippen LogP contribution in [-0.2, 0) is 10.0 Å². The lowest BCUT2D eigenvalue weighted by atomic mass is 10.2. The Morgan fingerprint density at radius 2 is 1.79 bits per heavy atom. The number of amides is 1. The predicted molar refractivity (Wildman–Crippen MR) is 97.4 cm³/mol. The molecule has 0 aliphatic heterocycles. The number of hydrogen-bond donors (Lipinski definition) is 1. The number of nitrogens with zero attached hydrogens (tertiary/aromatic N) is 1. The van der Waals surface area contributed by atoms with Gasteiger partial charge in [0.25, 0.3) is 5.91 Å². The third-order valence-electron chi connectivity index (χ3n) is 3.22. The van der Waals surface area contributed by atoms with Gasteiger partial charge in [0.05, 0.1) is 23.5 Å². The van der Waals surface area contributed by atoms with E-state index in [-0.39, 0.29) is 24.0 Å². The van der Waals surface area contributed by atoms with Gasteiger partial charge in [0.15, 0.2) is 0 Å². The third kappa shape index (κ3) is 4.87. The Morgan fingerprint density at radius 1 is 1.12 bits per heavy atom. The van der Waals surface area contributed by atoms with Crippen LogP contribution < -0.4 is 9.62 Å². The van der Waals surface area contributed by atoms with Crippen molar-refractivity contribution in [1.29, 1.82) is 0 Å². The standard InChI is InChI=1S/C16H16Cl2N2O3S/c1-24(22,23)20(15-8-7-13(17)11-14(15)18)10-9-19-16(21)12-5-3-2-4-6-12/h2-8,11H,9-10H2,1H3,(H,19,21). The molecule has 1 N–H and O–H groups in total. The van der Waals surface area contributed by atoms with Gasteiger partial charge in [-0.1, -0.05) is 41.4 Å². The monoisotopic (exact) mass is 386 g/mol. The molecule has 128 valence electrons. The van der Waals surface area contributed by atoms with Gasteiger partial charge in [0.1, 0.15) is 0 Å². The van der Waals surface area contributed by atoms with Crippen molar-refractivity contribution in [2.45, 2.75) is 0 Å². The molecule has 0 aromatic heterocycles. The summed E-state index contributed by atoms with van der Waals surface area (Å²) in [5.41, 5.74) is 0.824. The molecule has 0 fully saturated rings. The maximum atomic E-state index is 12.0. The first-order chi connectivity index (χ1) is 11.3. The van der Waals surface area contributed by atoms with Gasteiger partial charge >= 0.3 is 0 Å². The molecular weight excluding hydrogens is 371 g/mol. The average molecular weight is 387 g/mol. The Kier molecular flexibility index (Phi) is 6.10. The summed E-state index contributed by atoms with van der Waals surface area (Å²) in [6, 6.07) is 13.2. The molecule has 8 heteroatoms. The molecule has 0 saturated carbocycles. The van der Waals surface area contributed by atoms with Crippen molar-refractivity contribution in [2.24, 2.45) is 0 Å². The Labute approximate surface area is 151 Å². The highest BCUT2D eigenvalue weighted by Gasteiger charge is 2.20. The molecule has 2 aromatic rings. The summed E-state index contributed by atoms with van der Waals surface area (Å²) in [5, 5.41) is 3.32. The molecule has 0 bridgehead atoms. The SMILES string of the molecule is CS(=O)(=O)N(CCNC(=O)c1ccccc1)c1ccc(Cl)cc1Cl. The number of sulfonamides is 1. The molecule has 0 spiro atoms. The van der Waals surface area contributed by atoms with E-state index in [1.807, 2.05) is 6.07 Å². The van der Waals surface area contributed by atoms with Crippen molar-refractivity contribution in [2.75, 3.05) is 23.7 Å². The number of carbonyl (C=O) groups is 1. The van der Waals surface area contributed by atoms with Crippen molar-refractivity contribution in [3.05, 3.63) is 64.1 Å². The van der Waals surface area contributed by atoms with Gasteiger partial charge in [-0.3, -0.25) is 9.10 Å². The number of benzene rings is 2. The Morgan fingerprint density at radius 3 is 2.38 bits per heavy atom. The molecule has 0 heterocycles. The average Bonchev–Trinajstić information content (AvgIpc) is 2.52. The largest absolute Gasteiger partial charge is 0.350 e. The number of carbonyl (C=O) groups excluding carboxylic acids is 1. The number of rotatable bonds is 6. The number of nitrogens with one attached hydrogen (secondary N) is 1. The first-order valence-electron chi connectivity index (χ1n) is 7.05. The molecule has 2 rings (SSSR count). The van der Waals surface area contributed by atoms with E-state index < -0.39 is 10.0 Å². The van der Waals surface area contributed by atoms with Crippen molar-refractivity contribution in [1.82, 2.24) is 5.32 Å². The maximum absolute atomic E-state index is 12.0. The van der Waals surface area contributed by atoms with E-state index in [1.54, 1.807) is 30.3 Å². The van der Waals surface area contributed by atoms with Crippen LogP contribution in [0.15, 0.2) is 48.5 Å². The number of hydrogen-bond acceptors (Lipinski definition) is 3. The third-order valence-corrected chi connectivity index (χ3v) is 4.93. The first kappa shape index (κ1) is 18.6. The summed E-state index contributed by atoms with van der Waals surface area (Å²) >= 11 is 11.9. The summed E-state index contributed by atoms with van der Waals surface area (Å²) in [6.07, 6.45) is 1.08. The van der Waals surface area contributed by atoms with Crippen LogP contribution in [-0.4, -0.2) is 33.7 Å². The quantitative estimate of drug-likeness (QED) is 0.828. The molecule has 0 unspecified atom stereocenters. The van der Waals surface area contributed by atoms with E-state index >= 15 is 0 Å². The second kappa shape index (κ2) is 7.88. The van der Waals surface area contributed by atoms with E-state index in [0.717, 1.165) is 10.6 Å². The van der Waals surface area contributed by atoms with Gasteiger partial charge in [-0.15, -0.1) is 0 Å². The fraction of sp³-hybridized carbons (Fsp3) is 0.188. The van der Waals surface area contributed by atoms with Gasteiger partial charge in [0, 0.05) is 17.1 Å². The van der Waals surface area contributed by atoms with Crippen molar-refractivity contribution >= 4 is 44.8 Å². The first-order valence-corrected chi connectivity index (χ1v) is 9.65. The Balaban J connectivity index is 2.09. The molecule has 0 saturated heterocycles. The van der Waals surface area contributed by atoms with Gasteiger partial charge in [0.2, 0.25) is 10.0 Å². The molecule has 0 radical (unpaired) electrons. The fourth-order valence-electron chi connectivity index (χ4n) is 2.11. The van der Waals surface area contributed by atoms with Crippen LogP contribution in [0.1, 0.15) is 10.4 Å². The van der Waals surface area contributed by atoms with Gasteiger partial charge in [-0.05, 0) is 30.3 Å². The minimum absolute atomic E-state index is 0.0543. The maximum Gasteiger partial charge on any atom is 0.251 e. The predicted octanol–water partition coefficient (Wildman–Crippen LogP) is 3.19. The number of halogens is 2. The molecule has 0 aliphatic carbocycles. The minimum atomic E-state index is -3.56. The minimum Gasteiger partial charge on any atom is -0.350 e. The molecule has 24 heavy (non-hydrogen) atoms. The van der Waals surface area contributed by atoms with Gasteiger partial charge in [-0.2, -0.15) is 0 Å². The van der Waals surface area contributed by atoms with Crippen LogP contribution in [0.5, 0.6) is 0 Å². The smallest absolute Gasteiger partial charge is 0.251 e. The summed E-state index contributed by atoms with van der Waals surface area (Å²) in [5.74, 6) is -0.272. The van der Waals surface area contributed by atoms with Crippen molar-refractivity contribution in [3.63, 3.8) is 0 Å². The highest BCUT2D eigenvalue weighted by Crippen LogP contribution is 2.30. The normalized spacial score (nSPS) is 11.1. The second-order valence-corrected chi connectivity index (χ2v) is 7.80. The zero-order valence-electron chi connectivity index (χ0n) is 12.9. The van der Waals surface area contributed by atoms with E-state index in [2.05, 4.69) is 5.32 Å². The van der Waals surface area contributed by atoms with E-state index in [1.165, 1.54) is 12.1 Å². The van der Waals surface area contributed by atoms with E-state index in [9.17, 15) is 13.2 Å². The fourth-order valence-corrected chi connectivity index (χ4v) is 3.61. The molecule has 5 nitrogen and oxygen atoms in total. The zero-order valence-corrected chi connectivity index (χ0v) is 15.2. The second-order valence-electron chi connectivity index (χ2n) is 5.05. The zero-order chi connectivity index (χ0) is 17.7. The molecule has 1 amide bonds. The molecule has 0 atom stereocenters. The lowest BCUT2D eigenvalue weighted by Gasteiger charge is -2.23. The topological polar surface area (TPSA) is 66.5 Å². The summed E-state index contributed by atoms with van der Waals surface area (Å²) in [6.45, 7) is 0.193. The summed E-state index contributed by atoms with van der Waals surface area (Å²) in [4.78, 5) is 12.0. The van der Waals surface area contributed by atoms with E-state index in [4.69, 9.17) is 23.2 Å². The van der Waals surface area contributed by atoms with Crippen LogP contribution in [0.2, 0.25) is 10.0 Å². The number of anilines is 1. The van der Waals surface area contributed by atoms with Gasteiger partial charge < -0.3 is 5.32 Å². The lowest BCUT2D eigenvalue weighted by Crippen LogP contribution is -2.38. The van der Waals surface area contributed by atoms with Crippen LogP contribution in [0, 0.1) is 0 Å². The van der Waals surface area contributed by atoms with Crippen molar-refractivity contribution in [3.8, 4) is 0 Å². The molecular formula is C16H16Cl2N2O3S. The Bertz CT molecular complexity index is 826. The molecule has 0 aliphatic rings. The van der Waals surface area contributed by atoms with Crippen molar-refractivity contribution < 1.29 is 13.2 Å². The van der Waals surface area contributed by atoms with Crippen LogP contribution in [0.25, 0.3) is 0 Å². The van der Waals surface area contributed by atoms with E-state index in [0.29, 0.717) is 16.3 Å². The lowest BCUT2D eigenvalue weighted by molar-refractivity contribution is 0.0955. The molecule has 2 aromatic carbocycles. The summed E-state index contributed by atoms with van der Waals surface area (Å²) < 4.78 is 25.2. The van der Waals surface area contributed by atoms with Crippen LogP contribution in [0.4, 0.5) is 5.69 Å². The highest BCUT2D eigenvalue weighted by molar-refractivity contribution is 7.92. The van der Waals surface area contributed by atoms with Crippen LogP contribution >= 0.6 is 23.2 Å². The highest BCUT2D eigenvalue weighted by atomic mass is 35.5. The Hall–Kier alpha value is -1.76. The summed E-state index contributed by atoms with van der Waals surface area (Å²) in [7, 11) is -3.56.